The van der Waals surface area contributed by atoms with E-state index < -0.39 is 0 Å². The van der Waals surface area contributed by atoms with Gasteiger partial charge in [0.1, 0.15) is 0 Å². The molecule has 2 nitrogen and oxygen atoms in total. The third kappa shape index (κ3) is 1.39. The largest absolute Gasteiger partial charge is 0.318 e. The number of hydrogen-bond acceptors (Lipinski definition) is 2. The number of fused-ring (bicyclic) bond motifs is 5. The van der Waals surface area contributed by atoms with Crippen LogP contribution in [-0.2, 0) is 6.54 Å². The number of hydrogen-bond donors (Lipinski definition) is 0. The minimum absolute atomic E-state index is 0.539. The number of nitrogens with zero attached hydrogens (tertiary/aromatic N) is 2. The highest BCUT2D eigenvalue weighted by atomic mass is 32.2. The second-order valence-electron chi connectivity index (χ2n) is 4.63. The Labute approximate surface area is 105 Å². The molecule has 0 spiro atoms. The van der Waals surface area contributed by atoms with Gasteiger partial charge in [-0.15, -0.1) is 11.8 Å². The Bertz CT molecular complexity index is 561. The highest BCUT2D eigenvalue weighted by molar-refractivity contribution is 7.99. The topological polar surface area (TPSA) is 8.17 Å². The number of aromatic nitrogens is 1. The van der Waals surface area contributed by atoms with E-state index in [4.69, 9.17) is 0 Å². The molecule has 0 aliphatic carbocycles. The molecule has 3 heteroatoms. The van der Waals surface area contributed by atoms with Crippen molar-refractivity contribution in [2.45, 2.75) is 11.9 Å². The van der Waals surface area contributed by atoms with Crippen LogP contribution in [0.5, 0.6) is 0 Å². The van der Waals surface area contributed by atoms with E-state index in [2.05, 4.69) is 63.8 Å². The van der Waals surface area contributed by atoms with Crippen molar-refractivity contribution in [2.75, 3.05) is 12.3 Å². The van der Waals surface area contributed by atoms with Gasteiger partial charge < -0.3 is 4.57 Å². The van der Waals surface area contributed by atoms with Crippen molar-refractivity contribution in [3.05, 3.63) is 53.9 Å². The molecule has 1 aromatic carbocycles. The van der Waals surface area contributed by atoms with Crippen molar-refractivity contribution in [2.24, 2.45) is 0 Å². The van der Waals surface area contributed by atoms with Crippen molar-refractivity contribution in [1.82, 2.24) is 9.47 Å². The molecule has 1 saturated heterocycles. The SMILES string of the molecule is c1ccc2c(c1)CN1CCSC1c1cccn1-2. The fourth-order valence-electron chi connectivity index (χ4n) is 2.85. The molecule has 0 bridgehead atoms. The van der Waals surface area contributed by atoms with Gasteiger partial charge in [-0.3, -0.25) is 4.90 Å². The first-order valence-electron chi connectivity index (χ1n) is 6.05. The summed E-state index contributed by atoms with van der Waals surface area (Å²) >= 11 is 2.06. The van der Waals surface area contributed by atoms with E-state index in [1.807, 2.05) is 0 Å². The Balaban J connectivity index is 1.97. The van der Waals surface area contributed by atoms with Crippen molar-refractivity contribution in [1.29, 1.82) is 0 Å². The molecular formula is C14H14N2S. The third-order valence-corrected chi connectivity index (χ3v) is 4.92. The van der Waals surface area contributed by atoms with Gasteiger partial charge in [-0.05, 0) is 23.8 Å². The maximum atomic E-state index is 2.59. The molecule has 86 valence electrons. The first-order valence-corrected chi connectivity index (χ1v) is 7.09. The number of thioether (sulfide) groups is 1. The van der Waals surface area contributed by atoms with Gasteiger partial charge in [-0.1, -0.05) is 18.2 Å². The molecule has 17 heavy (non-hydrogen) atoms. The average Bonchev–Trinajstić information content (AvgIpc) is 2.96. The second kappa shape index (κ2) is 3.65. The lowest BCUT2D eigenvalue weighted by Crippen LogP contribution is -2.21. The predicted molar refractivity (Wildman–Crippen MR) is 71.4 cm³/mol. The van der Waals surface area contributed by atoms with Gasteiger partial charge in [0.2, 0.25) is 0 Å². The summed E-state index contributed by atoms with van der Waals surface area (Å²) in [5.41, 5.74) is 4.22. The van der Waals surface area contributed by atoms with Gasteiger partial charge in [0.05, 0.1) is 11.1 Å². The summed E-state index contributed by atoms with van der Waals surface area (Å²) in [5, 5.41) is 0.539. The normalized spacial score (nSPS) is 22.7. The molecule has 0 amide bonds. The summed E-state index contributed by atoms with van der Waals surface area (Å²) < 4.78 is 2.36. The van der Waals surface area contributed by atoms with Crippen LogP contribution in [-0.4, -0.2) is 21.8 Å². The van der Waals surface area contributed by atoms with Crippen LogP contribution in [0.3, 0.4) is 0 Å². The van der Waals surface area contributed by atoms with E-state index in [1.54, 1.807) is 0 Å². The summed E-state index contributed by atoms with van der Waals surface area (Å²) in [5.74, 6) is 1.25. The molecule has 1 atom stereocenters. The Morgan fingerprint density at radius 2 is 2.06 bits per heavy atom. The fraction of sp³-hybridized carbons (Fsp3) is 0.286. The Kier molecular flexibility index (Phi) is 2.11. The quantitative estimate of drug-likeness (QED) is 0.701. The third-order valence-electron chi connectivity index (χ3n) is 3.64. The second-order valence-corrected chi connectivity index (χ2v) is 5.81. The average molecular weight is 242 g/mol. The van der Waals surface area contributed by atoms with Crippen LogP contribution >= 0.6 is 11.8 Å². The maximum absolute atomic E-state index is 2.59. The van der Waals surface area contributed by atoms with Gasteiger partial charge in [-0.25, -0.2) is 0 Å². The minimum Gasteiger partial charge on any atom is -0.318 e. The van der Waals surface area contributed by atoms with Crippen LogP contribution in [0.1, 0.15) is 16.6 Å². The number of para-hydroxylation sites is 1. The van der Waals surface area contributed by atoms with Crippen molar-refractivity contribution >= 4 is 11.8 Å². The molecule has 1 unspecified atom stereocenters. The van der Waals surface area contributed by atoms with Crippen molar-refractivity contribution in [3.8, 4) is 5.69 Å². The Hall–Kier alpha value is -1.19. The molecule has 0 radical (unpaired) electrons. The summed E-state index contributed by atoms with van der Waals surface area (Å²) in [4.78, 5) is 2.59. The standard InChI is InChI=1S/C14H14N2S/c1-2-5-12-11(4-1)10-15-8-9-17-14(15)13-6-3-7-16(12)13/h1-7,14H,8-10H2. The van der Waals surface area contributed by atoms with E-state index in [9.17, 15) is 0 Å². The lowest BCUT2D eigenvalue weighted by atomic mass is 10.1. The van der Waals surface area contributed by atoms with Crippen LogP contribution < -0.4 is 0 Å². The van der Waals surface area contributed by atoms with Gasteiger partial charge in [0.25, 0.3) is 0 Å². The van der Waals surface area contributed by atoms with E-state index in [1.165, 1.54) is 29.2 Å². The predicted octanol–water partition coefficient (Wildman–Crippen LogP) is 3.04. The Morgan fingerprint density at radius 3 is 3.06 bits per heavy atom. The zero-order valence-corrected chi connectivity index (χ0v) is 10.4. The van der Waals surface area contributed by atoms with Gasteiger partial charge in [-0.2, -0.15) is 0 Å². The highest BCUT2D eigenvalue weighted by Gasteiger charge is 2.31. The lowest BCUT2D eigenvalue weighted by Gasteiger charge is -2.20. The van der Waals surface area contributed by atoms with E-state index in [0.717, 1.165) is 6.54 Å². The van der Waals surface area contributed by atoms with Crippen LogP contribution in [0.4, 0.5) is 0 Å². The molecule has 2 aliphatic heterocycles. The van der Waals surface area contributed by atoms with Gasteiger partial charge in [0.15, 0.2) is 0 Å². The number of rotatable bonds is 0. The highest BCUT2D eigenvalue weighted by Crippen LogP contribution is 2.42. The summed E-state index contributed by atoms with van der Waals surface area (Å²) in [7, 11) is 0. The van der Waals surface area contributed by atoms with Crippen LogP contribution in [0, 0.1) is 0 Å². The monoisotopic (exact) mass is 242 g/mol. The van der Waals surface area contributed by atoms with E-state index in [0.29, 0.717) is 5.37 Å². The first-order chi connectivity index (χ1) is 8.43. The molecule has 1 aromatic heterocycles. The molecule has 2 aliphatic rings. The number of benzene rings is 1. The van der Waals surface area contributed by atoms with Gasteiger partial charge in [0, 0.05) is 30.7 Å². The van der Waals surface area contributed by atoms with Crippen LogP contribution in [0.15, 0.2) is 42.6 Å². The molecular weight excluding hydrogens is 228 g/mol. The zero-order valence-electron chi connectivity index (χ0n) is 9.54. The minimum atomic E-state index is 0.539. The van der Waals surface area contributed by atoms with Crippen molar-refractivity contribution < 1.29 is 0 Å². The fourth-order valence-corrected chi connectivity index (χ4v) is 4.17. The first kappa shape index (κ1) is 9.80. The summed E-state index contributed by atoms with van der Waals surface area (Å²) in [6.07, 6.45) is 2.19. The molecule has 4 rings (SSSR count). The van der Waals surface area contributed by atoms with E-state index >= 15 is 0 Å². The molecule has 1 fully saturated rings. The molecule has 0 N–H and O–H groups in total. The molecule has 0 saturated carbocycles. The summed E-state index contributed by atoms with van der Waals surface area (Å²) in [6, 6.07) is 13.2. The zero-order chi connectivity index (χ0) is 11.2. The maximum Gasteiger partial charge on any atom is 0.0974 e. The van der Waals surface area contributed by atoms with Crippen LogP contribution in [0.2, 0.25) is 0 Å². The van der Waals surface area contributed by atoms with Crippen LogP contribution in [0.25, 0.3) is 5.69 Å². The molecule has 3 heterocycles. The molecule has 2 aromatic rings. The van der Waals surface area contributed by atoms with Gasteiger partial charge >= 0.3 is 0 Å². The summed E-state index contributed by atoms with van der Waals surface area (Å²) in [6.45, 7) is 2.28. The smallest absolute Gasteiger partial charge is 0.0974 e. The Morgan fingerprint density at radius 1 is 1.12 bits per heavy atom. The van der Waals surface area contributed by atoms with Crippen molar-refractivity contribution in [3.63, 3.8) is 0 Å². The van der Waals surface area contributed by atoms with E-state index in [-0.39, 0.29) is 0 Å². The lowest BCUT2D eigenvalue weighted by molar-refractivity contribution is 0.283.